The molecule has 0 fully saturated rings. The first kappa shape index (κ1) is 18.5. The molecular formula is C14H18N2Y2+2. The molecule has 0 saturated carbocycles. The van der Waals surface area contributed by atoms with Gasteiger partial charge in [0.2, 0.25) is 0 Å². The average Bonchev–Trinajstić information content (AvgIpc) is 2.30. The summed E-state index contributed by atoms with van der Waals surface area (Å²) in [5.74, 6) is 0. The molecule has 0 unspecified atom stereocenters. The van der Waals surface area contributed by atoms with Crippen LogP contribution in [0.1, 0.15) is 11.1 Å². The molecule has 2 rings (SSSR count). The summed E-state index contributed by atoms with van der Waals surface area (Å²) in [5, 5.41) is 0. The fourth-order valence-electron chi connectivity index (χ4n) is 1.69. The van der Waals surface area contributed by atoms with Gasteiger partial charge in [-0.15, -0.1) is 0 Å². The van der Waals surface area contributed by atoms with Crippen LogP contribution in [-0.2, 0) is 92.4 Å². The number of rotatable bonds is 3. The Balaban J connectivity index is 0.00000144. The summed E-state index contributed by atoms with van der Waals surface area (Å²) in [5.41, 5.74) is 2.79. The van der Waals surface area contributed by atoms with Crippen LogP contribution in [0.25, 0.3) is 0 Å². The van der Waals surface area contributed by atoms with E-state index in [-0.39, 0.29) is 65.4 Å². The van der Waals surface area contributed by atoms with Crippen molar-refractivity contribution in [2.75, 3.05) is 0 Å². The maximum absolute atomic E-state index is 2.18. The van der Waals surface area contributed by atoms with E-state index < -0.39 is 0 Å². The fraction of sp³-hybridized carbons (Fsp3) is 0.286. The van der Waals surface area contributed by atoms with E-state index in [0.29, 0.717) is 0 Å². The van der Waals surface area contributed by atoms with Gasteiger partial charge in [0.15, 0.2) is 24.8 Å². The van der Waals surface area contributed by atoms with E-state index in [0.717, 1.165) is 12.8 Å². The van der Waals surface area contributed by atoms with Crippen LogP contribution in [0, 0.1) is 0 Å². The Kier molecular flexibility index (Phi) is 9.68. The quantitative estimate of drug-likeness (QED) is 0.692. The number of pyridine rings is 2. The molecule has 0 aliphatic heterocycles. The molecule has 0 N–H and O–H groups in total. The van der Waals surface area contributed by atoms with Gasteiger partial charge in [-0.2, -0.15) is 0 Å². The Morgan fingerprint density at radius 3 is 1.22 bits per heavy atom. The molecule has 0 saturated heterocycles. The van der Waals surface area contributed by atoms with Crippen molar-refractivity contribution in [3.63, 3.8) is 0 Å². The van der Waals surface area contributed by atoms with Crippen molar-refractivity contribution in [1.82, 2.24) is 0 Å². The van der Waals surface area contributed by atoms with Gasteiger partial charge in [-0.3, -0.25) is 0 Å². The zero-order chi connectivity index (χ0) is 11.4. The molecule has 4 heteroatoms. The second-order valence-corrected chi connectivity index (χ2v) is 4.24. The largest absolute Gasteiger partial charge is 0.208 e. The van der Waals surface area contributed by atoms with Gasteiger partial charge in [0.25, 0.3) is 0 Å². The van der Waals surface area contributed by atoms with E-state index in [9.17, 15) is 0 Å². The molecule has 2 heterocycles. The van der Waals surface area contributed by atoms with Crippen molar-refractivity contribution in [3.05, 3.63) is 60.2 Å². The molecule has 2 aromatic rings. The Morgan fingerprint density at radius 1 is 0.667 bits per heavy atom. The van der Waals surface area contributed by atoms with Gasteiger partial charge in [0, 0.05) is 89.7 Å². The average molecular weight is 392 g/mol. The predicted molar refractivity (Wildman–Crippen MR) is 62.6 cm³/mol. The molecule has 0 aliphatic rings. The predicted octanol–water partition coefficient (Wildman–Crippen LogP) is 1.12. The molecule has 2 radical (unpaired) electrons. The molecule has 0 spiro atoms. The summed E-state index contributed by atoms with van der Waals surface area (Å²) in [7, 11) is 4.09. The molecule has 88 valence electrons. The Morgan fingerprint density at radius 2 is 0.944 bits per heavy atom. The molecule has 0 atom stereocenters. The Labute approximate surface area is 160 Å². The minimum Gasteiger partial charge on any atom is -0.208 e. The normalized spacial score (nSPS) is 9.22. The van der Waals surface area contributed by atoms with Crippen molar-refractivity contribution in [2.45, 2.75) is 12.8 Å². The van der Waals surface area contributed by atoms with Gasteiger partial charge in [-0.1, -0.05) is 0 Å². The van der Waals surface area contributed by atoms with Crippen LogP contribution in [0.3, 0.4) is 0 Å². The molecule has 18 heavy (non-hydrogen) atoms. The number of hydrogen-bond acceptors (Lipinski definition) is 0. The minimum absolute atomic E-state index is 0. The number of nitrogens with zero attached hydrogens (tertiary/aromatic N) is 2. The van der Waals surface area contributed by atoms with Crippen LogP contribution in [0.4, 0.5) is 0 Å². The van der Waals surface area contributed by atoms with Crippen molar-refractivity contribution < 1.29 is 74.6 Å². The van der Waals surface area contributed by atoms with E-state index in [2.05, 4.69) is 58.2 Å². The van der Waals surface area contributed by atoms with Crippen molar-refractivity contribution >= 4 is 0 Å². The van der Waals surface area contributed by atoms with Crippen LogP contribution in [-0.4, -0.2) is 0 Å². The first-order valence-corrected chi connectivity index (χ1v) is 5.62. The van der Waals surface area contributed by atoms with Crippen molar-refractivity contribution in [3.8, 4) is 0 Å². The van der Waals surface area contributed by atoms with E-state index >= 15 is 0 Å². The molecule has 0 amide bonds. The minimum atomic E-state index is 0. The van der Waals surface area contributed by atoms with E-state index in [4.69, 9.17) is 0 Å². The van der Waals surface area contributed by atoms with Crippen LogP contribution in [0.2, 0.25) is 0 Å². The number of aryl methyl sites for hydroxylation is 4. The van der Waals surface area contributed by atoms with Gasteiger partial charge in [0.05, 0.1) is 0 Å². The zero-order valence-corrected chi connectivity index (χ0v) is 16.8. The Hall–Kier alpha value is 0.508. The van der Waals surface area contributed by atoms with Crippen LogP contribution in [0.5, 0.6) is 0 Å². The van der Waals surface area contributed by atoms with Gasteiger partial charge in [0.1, 0.15) is 14.1 Å². The molecule has 0 aromatic carbocycles. The van der Waals surface area contributed by atoms with E-state index in [1.807, 2.05) is 14.1 Å². The van der Waals surface area contributed by atoms with Crippen molar-refractivity contribution in [1.29, 1.82) is 0 Å². The summed E-state index contributed by atoms with van der Waals surface area (Å²) >= 11 is 0. The summed E-state index contributed by atoms with van der Waals surface area (Å²) in [6.45, 7) is 0. The van der Waals surface area contributed by atoms with Gasteiger partial charge < -0.3 is 0 Å². The number of aromatic nitrogens is 2. The van der Waals surface area contributed by atoms with Gasteiger partial charge in [-0.25, -0.2) is 9.13 Å². The maximum Gasteiger partial charge on any atom is 0.168 e. The summed E-state index contributed by atoms with van der Waals surface area (Å²) in [4.78, 5) is 0. The molecule has 0 aliphatic carbocycles. The second kappa shape index (κ2) is 9.42. The standard InChI is InChI=1S/C14H18N2.2Y/c1-15-9-5-13(6-10-15)3-4-14-7-11-16(2)12-8-14;;/h5-12H,3-4H2,1-2H3;;/q+2;;. The van der Waals surface area contributed by atoms with Crippen molar-refractivity contribution in [2.24, 2.45) is 14.1 Å². The van der Waals surface area contributed by atoms with Gasteiger partial charge in [-0.05, 0) is 24.0 Å². The first-order valence-electron chi connectivity index (χ1n) is 5.62. The second-order valence-electron chi connectivity index (χ2n) is 4.24. The topological polar surface area (TPSA) is 7.76 Å². The monoisotopic (exact) mass is 392 g/mol. The molecular weight excluding hydrogens is 374 g/mol. The zero-order valence-electron chi connectivity index (χ0n) is 11.1. The molecule has 0 bridgehead atoms. The first-order chi connectivity index (χ1) is 7.74. The van der Waals surface area contributed by atoms with E-state index in [1.54, 1.807) is 0 Å². The SMILES string of the molecule is C[n+]1ccc(CCc2cc[n+](C)cc2)cc1.[Y].[Y]. The van der Waals surface area contributed by atoms with Gasteiger partial charge >= 0.3 is 0 Å². The van der Waals surface area contributed by atoms with E-state index in [1.165, 1.54) is 11.1 Å². The molecule has 2 nitrogen and oxygen atoms in total. The third-order valence-electron chi connectivity index (χ3n) is 2.80. The van der Waals surface area contributed by atoms with Crippen LogP contribution >= 0.6 is 0 Å². The van der Waals surface area contributed by atoms with Crippen LogP contribution < -0.4 is 9.13 Å². The molecule has 2 aromatic heterocycles. The summed E-state index contributed by atoms with van der Waals surface area (Å²) in [6.07, 6.45) is 10.6. The smallest absolute Gasteiger partial charge is 0.168 e. The summed E-state index contributed by atoms with van der Waals surface area (Å²) in [6, 6.07) is 8.73. The fourth-order valence-corrected chi connectivity index (χ4v) is 1.69. The van der Waals surface area contributed by atoms with Crippen LogP contribution in [0.15, 0.2) is 49.1 Å². The Bertz CT molecular complexity index is 407. The number of hydrogen-bond donors (Lipinski definition) is 0. The third-order valence-corrected chi connectivity index (χ3v) is 2.80. The summed E-state index contributed by atoms with van der Waals surface area (Å²) < 4.78 is 4.12. The third kappa shape index (κ3) is 6.10. The maximum atomic E-state index is 2.18.